The van der Waals surface area contributed by atoms with Gasteiger partial charge in [0.2, 0.25) is 5.78 Å². The molecule has 0 amide bonds. The van der Waals surface area contributed by atoms with Crippen molar-refractivity contribution in [3.05, 3.63) is 83.4 Å². The summed E-state index contributed by atoms with van der Waals surface area (Å²) in [6.45, 7) is 0. The van der Waals surface area contributed by atoms with Crippen molar-refractivity contribution in [1.82, 2.24) is 5.43 Å². The van der Waals surface area contributed by atoms with Crippen molar-refractivity contribution in [2.24, 2.45) is 5.10 Å². The molecule has 2 aromatic rings. The molecule has 1 N–H and O–H groups in total. The lowest BCUT2D eigenvalue weighted by Crippen LogP contribution is -2.39. The van der Waals surface area contributed by atoms with Gasteiger partial charge in [-0.15, -0.1) is 0 Å². The van der Waals surface area contributed by atoms with E-state index in [2.05, 4.69) is 10.5 Å². The number of nitrogens with zero attached hydrogens (tertiary/aromatic N) is 1. The molecule has 0 radical (unpaired) electrons. The second kappa shape index (κ2) is 6.93. The van der Waals surface area contributed by atoms with Crippen molar-refractivity contribution >= 4 is 11.5 Å². The zero-order valence-corrected chi connectivity index (χ0v) is 13.1. The molecule has 0 bridgehead atoms. The SMILES string of the molecule is O=C(C1=NNC(C(F)(F)F)/C1=C\Cc1ccccc1)c1ccccc1. The van der Waals surface area contributed by atoms with Gasteiger partial charge in [0.25, 0.3) is 0 Å². The fourth-order valence-electron chi connectivity index (χ4n) is 2.61. The van der Waals surface area contributed by atoms with E-state index in [4.69, 9.17) is 0 Å². The average Bonchev–Trinajstić information content (AvgIpc) is 3.05. The minimum atomic E-state index is -4.54. The highest BCUT2D eigenvalue weighted by molar-refractivity contribution is 6.52. The fourth-order valence-corrected chi connectivity index (χ4v) is 2.61. The monoisotopic (exact) mass is 344 g/mol. The number of halogens is 3. The Kier molecular flexibility index (Phi) is 4.70. The van der Waals surface area contributed by atoms with Crippen LogP contribution in [0.15, 0.2) is 77.4 Å². The Morgan fingerprint density at radius 2 is 1.64 bits per heavy atom. The highest BCUT2D eigenvalue weighted by Gasteiger charge is 2.47. The Hall–Kier alpha value is -2.89. The summed E-state index contributed by atoms with van der Waals surface area (Å²) < 4.78 is 39.9. The van der Waals surface area contributed by atoms with Gasteiger partial charge in [-0.3, -0.25) is 10.2 Å². The first-order valence-electron chi connectivity index (χ1n) is 7.71. The van der Waals surface area contributed by atoms with E-state index in [1.165, 1.54) is 6.08 Å². The smallest absolute Gasteiger partial charge is 0.293 e. The van der Waals surface area contributed by atoms with Gasteiger partial charge in [0.15, 0.2) is 6.04 Å². The zero-order valence-electron chi connectivity index (χ0n) is 13.1. The molecule has 0 spiro atoms. The van der Waals surface area contributed by atoms with E-state index < -0.39 is 18.0 Å². The molecular formula is C19H15F3N2O. The fraction of sp³-hybridized carbons (Fsp3) is 0.158. The molecule has 2 aromatic carbocycles. The average molecular weight is 344 g/mol. The number of rotatable bonds is 4. The third kappa shape index (κ3) is 3.79. The van der Waals surface area contributed by atoms with E-state index >= 15 is 0 Å². The number of ketones is 1. The van der Waals surface area contributed by atoms with Crippen LogP contribution in [0.25, 0.3) is 0 Å². The van der Waals surface area contributed by atoms with Gasteiger partial charge in [0, 0.05) is 11.1 Å². The van der Waals surface area contributed by atoms with Crippen LogP contribution in [0.1, 0.15) is 15.9 Å². The predicted molar refractivity (Wildman–Crippen MR) is 89.4 cm³/mol. The third-order valence-electron chi connectivity index (χ3n) is 3.87. The Morgan fingerprint density at radius 1 is 1.04 bits per heavy atom. The Labute approximate surface area is 142 Å². The lowest BCUT2D eigenvalue weighted by Gasteiger charge is -2.16. The van der Waals surface area contributed by atoms with Crippen LogP contribution in [0, 0.1) is 0 Å². The van der Waals surface area contributed by atoms with Crippen LogP contribution in [-0.2, 0) is 6.42 Å². The molecule has 1 aliphatic rings. The van der Waals surface area contributed by atoms with Crippen LogP contribution in [0.5, 0.6) is 0 Å². The lowest BCUT2D eigenvalue weighted by molar-refractivity contribution is -0.144. The van der Waals surface area contributed by atoms with E-state index in [-0.39, 0.29) is 17.7 Å². The summed E-state index contributed by atoms with van der Waals surface area (Å²) >= 11 is 0. The van der Waals surface area contributed by atoms with Crippen LogP contribution < -0.4 is 5.43 Å². The van der Waals surface area contributed by atoms with Gasteiger partial charge in [0.05, 0.1) is 0 Å². The van der Waals surface area contributed by atoms with Gasteiger partial charge >= 0.3 is 6.18 Å². The number of hydrogen-bond donors (Lipinski definition) is 1. The molecule has 128 valence electrons. The maximum atomic E-state index is 13.3. The minimum Gasteiger partial charge on any atom is -0.293 e. The van der Waals surface area contributed by atoms with Crippen LogP contribution in [0.2, 0.25) is 0 Å². The van der Waals surface area contributed by atoms with E-state index in [1.807, 2.05) is 30.3 Å². The molecule has 25 heavy (non-hydrogen) atoms. The number of carbonyl (C=O) groups excluding carboxylic acids is 1. The van der Waals surface area contributed by atoms with Crippen molar-refractivity contribution < 1.29 is 18.0 Å². The first-order chi connectivity index (χ1) is 12.0. The van der Waals surface area contributed by atoms with Crippen molar-refractivity contribution in [2.45, 2.75) is 18.6 Å². The van der Waals surface area contributed by atoms with Crippen LogP contribution in [0.4, 0.5) is 13.2 Å². The predicted octanol–water partition coefficient (Wildman–Crippen LogP) is 3.93. The van der Waals surface area contributed by atoms with Crippen molar-refractivity contribution in [3.63, 3.8) is 0 Å². The first kappa shape index (κ1) is 17.0. The summed E-state index contributed by atoms with van der Waals surface area (Å²) in [5.74, 6) is -0.529. The lowest BCUT2D eigenvalue weighted by atomic mass is 9.95. The molecule has 1 atom stereocenters. The summed E-state index contributed by atoms with van der Waals surface area (Å²) in [7, 11) is 0. The minimum absolute atomic E-state index is 0.134. The van der Waals surface area contributed by atoms with Crippen LogP contribution in [-0.4, -0.2) is 23.7 Å². The first-order valence-corrected chi connectivity index (χ1v) is 7.71. The Bertz CT molecular complexity index is 812. The van der Waals surface area contributed by atoms with Gasteiger partial charge in [-0.2, -0.15) is 18.3 Å². The number of allylic oxidation sites excluding steroid dienone is 1. The molecule has 0 saturated heterocycles. The van der Waals surface area contributed by atoms with Crippen molar-refractivity contribution in [1.29, 1.82) is 0 Å². The molecular weight excluding hydrogens is 329 g/mol. The summed E-state index contributed by atoms with van der Waals surface area (Å²) in [4.78, 5) is 12.6. The molecule has 1 aliphatic heterocycles. The number of nitrogens with one attached hydrogen (secondary N) is 1. The Balaban J connectivity index is 1.92. The standard InChI is InChI=1S/C19H15F3N2O/c20-19(21,22)18-15(12-11-13-7-3-1-4-8-13)16(23-24-18)17(25)14-9-5-2-6-10-14/h1-10,12,18,24H,11H2/b15-12-. The van der Waals surface area contributed by atoms with E-state index in [9.17, 15) is 18.0 Å². The second-order valence-electron chi connectivity index (χ2n) is 5.61. The molecule has 0 aliphatic carbocycles. The molecule has 3 nitrogen and oxygen atoms in total. The van der Waals surface area contributed by atoms with Crippen molar-refractivity contribution in [2.75, 3.05) is 0 Å². The zero-order chi connectivity index (χ0) is 17.9. The highest BCUT2D eigenvalue weighted by atomic mass is 19.4. The van der Waals surface area contributed by atoms with Crippen LogP contribution in [0.3, 0.4) is 0 Å². The molecule has 3 rings (SSSR count). The Morgan fingerprint density at radius 3 is 2.24 bits per heavy atom. The number of hydrogen-bond acceptors (Lipinski definition) is 3. The number of hydrazone groups is 1. The van der Waals surface area contributed by atoms with E-state index in [1.54, 1.807) is 30.3 Å². The number of alkyl halides is 3. The maximum absolute atomic E-state index is 13.3. The summed E-state index contributed by atoms with van der Waals surface area (Å²) in [5, 5.41) is 3.68. The second-order valence-corrected chi connectivity index (χ2v) is 5.61. The van der Waals surface area contributed by atoms with Gasteiger partial charge in [-0.05, 0) is 12.0 Å². The summed E-state index contributed by atoms with van der Waals surface area (Å²) in [5.41, 5.74) is 2.89. The largest absolute Gasteiger partial charge is 0.414 e. The van der Waals surface area contributed by atoms with E-state index in [0.29, 0.717) is 5.56 Å². The van der Waals surface area contributed by atoms with Gasteiger partial charge in [-0.25, -0.2) is 0 Å². The number of Topliss-reactive ketones (excluding diaryl/α,β-unsaturated/α-hetero) is 1. The van der Waals surface area contributed by atoms with Gasteiger partial charge < -0.3 is 0 Å². The summed E-state index contributed by atoms with van der Waals surface area (Å²) in [6, 6.07) is 15.3. The molecule has 0 saturated carbocycles. The molecule has 0 fully saturated rings. The third-order valence-corrected chi connectivity index (χ3v) is 3.87. The van der Waals surface area contributed by atoms with Gasteiger partial charge in [0.1, 0.15) is 5.71 Å². The topological polar surface area (TPSA) is 41.5 Å². The number of benzene rings is 2. The van der Waals surface area contributed by atoms with Crippen molar-refractivity contribution in [3.8, 4) is 0 Å². The van der Waals surface area contributed by atoms with Gasteiger partial charge in [-0.1, -0.05) is 66.7 Å². The van der Waals surface area contributed by atoms with Crippen LogP contribution >= 0.6 is 0 Å². The molecule has 0 aromatic heterocycles. The quantitative estimate of drug-likeness (QED) is 0.854. The molecule has 6 heteroatoms. The normalized spacial score (nSPS) is 18.8. The summed E-state index contributed by atoms with van der Waals surface area (Å²) in [6.07, 6.45) is -2.83. The number of carbonyl (C=O) groups is 1. The highest BCUT2D eigenvalue weighted by Crippen LogP contribution is 2.30. The maximum Gasteiger partial charge on any atom is 0.414 e. The van der Waals surface area contributed by atoms with E-state index in [0.717, 1.165) is 5.56 Å². The molecule has 1 heterocycles. The molecule has 1 unspecified atom stereocenters.